The van der Waals surface area contributed by atoms with Gasteiger partial charge in [0.05, 0.1) is 5.56 Å². The number of nitrogens with one attached hydrogen (secondary N) is 1. The van der Waals surface area contributed by atoms with Gasteiger partial charge in [-0.05, 0) is 42.6 Å². The van der Waals surface area contributed by atoms with Crippen LogP contribution in [0.25, 0.3) is 0 Å². The Hall–Kier alpha value is -1.36. The summed E-state index contributed by atoms with van der Waals surface area (Å²) in [7, 11) is 0. The largest absolute Gasteiger partial charge is 0.365 e. The first-order valence-corrected chi connectivity index (χ1v) is 13.4. The van der Waals surface area contributed by atoms with Crippen molar-refractivity contribution < 1.29 is 9.59 Å². The zero-order chi connectivity index (χ0) is 22.9. The Balaban J connectivity index is 1.85. The second kappa shape index (κ2) is 12.6. The molecule has 1 atom stereocenters. The highest BCUT2D eigenvalue weighted by Gasteiger charge is 2.34. The van der Waals surface area contributed by atoms with Gasteiger partial charge in [0.1, 0.15) is 5.00 Å². The minimum atomic E-state index is -0.413. The first-order chi connectivity index (χ1) is 14.8. The molecule has 31 heavy (non-hydrogen) atoms. The lowest BCUT2D eigenvalue weighted by Crippen LogP contribution is -2.29. The molecule has 0 fully saturated rings. The molecule has 0 spiro atoms. The molecule has 1 heterocycles. The van der Waals surface area contributed by atoms with Crippen molar-refractivity contribution in [3.8, 4) is 0 Å². The van der Waals surface area contributed by atoms with Crippen molar-refractivity contribution in [1.82, 2.24) is 0 Å². The first-order valence-electron chi connectivity index (χ1n) is 12.5. The summed E-state index contributed by atoms with van der Waals surface area (Å²) in [6.45, 7) is 9.15. The predicted octanol–water partition coefficient (Wildman–Crippen LogP) is 7.25. The standard InChI is InChI=1S/C26H44N2O2S/c1-5-7-8-9-10-11-12-13-14-15-22(29)28-25-23(24(27)30)20-17-16-19(18-21(20)31-25)26(3,4)6-2/h19H,5-18H2,1-4H3,(H2,27,30)(H,28,29). The molecule has 1 aromatic heterocycles. The molecular formula is C26H44N2O2S. The highest BCUT2D eigenvalue weighted by atomic mass is 32.1. The topological polar surface area (TPSA) is 72.2 Å². The molecule has 1 aromatic rings. The Morgan fingerprint density at radius 2 is 1.65 bits per heavy atom. The zero-order valence-electron chi connectivity index (χ0n) is 20.3. The van der Waals surface area contributed by atoms with Crippen molar-refractivity contribution in [2.24, 2.45) is 17.1 Å². The van der Waals surface area contributed by atoms with Crippen molar-refractivity contribution in [1.29, 1.82) is 0 Å². The molecule has 0 saturated heterocycles. The number of rotatable bonds is 14. The van der Waals surface area contributed by atoms with Crippen LogP contribution in [0.4, 0.5) is 5.00 Å². The molecule has 176 valence electrons. The van der Waals surface area contributed by atoms with E-state index in [0.717, 1.165) is 44.1 Å². The average Bonchev–Trinajstić information content (AvgIpc) is 3.09. The highest BCUT2D eigenvalue weighted by Crippen LogP contribution is 2.45. The number of amides is 2. The number of anilines is 1. The molecular weight excluding hydrogens is 404 g/mol. The molecule has 1 unspecified atom stereocenters. The summed E-state index contributed by atoms with van der Waals surface area (Å²) in [5.74, 6) is 0.202. The summed E-state index contributed by atoms with van der Waals surface area (Å²) in [5.41, 5.74) is 7.65. The Morgan fingerprint density at radius 3 is 2.23 bits per heavy atom. The summed E-state index contributed by atoms with van der Waals surface area (Å²) >= 11 is 1.57. The van der Waals surface area contributed by atoms with E-state index in [1.54, 1.807) is 11.3 Å². The van der Waals surface area contributed by atoms with Gasteiger partial charge < -0.3 is 11.1 Å². The number of fused-ring (bicyclic) bond motifs is 1. The average molecular weight is 449 g/mol. The number of primary amides is 1. The van der Waals surface area contributed by atoms with Crippen LogP contribution in [0.15, 0.2) is 0 Å². The van der Waals surface area contributed by atoms with Crippen LogP contribution in [0.5, 0.6) is 0 Å². The summed E-state index contributed by atoms with van der Waals surface area (Å²) in [6, 6.07) is 0. The fraction of sp³-hybridized carbons (Fsp3) is 0.769. The van der Waals surface area contributed by atoms with E-state index in [9.17, 15) is 9.59 Å². The van der Waals surface area contributed by atoms with Gasteiger partial charge in [-0.25, -0.2) is 0 Å². The molecule has 5 heteroatoms. The van der Waals surface area contributed by atoms with Gasteiger partial charge in [0, 0.05) is 11.3 Å². The molecule has 4 nitrogen and oxygen atoms in total. The van der Waals surface area contributed by atoms with Crippen LogP contribution in [-0.2, 0) is 17.6 Å². The van der Waals surface area contributed by atoms with E-state index in [-0.39, 0.29) is 11.3 Å². The van der Waals surface area contributed by atoms with E-state index in [1.807, 2.05) is 0 Å². The van der Waals surface area contributed by atoms with Gasteiger partial charge >= 0.3 is 0 Å². The lowest BCUT2D eigenvalue weighted by Gasteiger charge is -2.36. The van der Waals surface area contributed by atoms with Crippen molar-refractivity contribution in [2.75, 3.05) is 5.32 Å². The third-order valence-electron chi connectivity index (χ3n) is 7.29. The molecule has 2 rings (SSSR count). The number of carbonyl (C=O) groups is 2. The number of carbonyl (C=O) groups excluding carboxylic acids is 2. The molecule has 0 radical (unpaired) electrons. The molecule has 0 aromatic carbocycles. The van der Waals surface area contributed by atoms with Gasteiger partial charge in [0.15, 0.2) is 0 Å². The van der Waals surface area contributed by atoms with Gasteiger partial charge in [-0.1, -0.05) is 85.5 Å². The third-order valence-corrected chi connectivity index (χ3v) is 8.46. The van der Waals surface area contributed by atoms with Crippen LogP contribution in [0, 0.1) is 11.3 Å². The van der Waals surface area contributed by atoms with Gasteiger partial charge in [-0.3, -0.25) is 9.59 Å². The molecule has 1 aliphatic rings. The van der Waals surface area contributed by atoms with Crippen molar-refractivity contribution in [3.63, 3.8) is 0 Å². The quantitative estimate of drug-likeness (QED) is 0.294. The van der Waals surface area contributed by atoms with Crippen molar-refractivity contribution >= 4 is 28.2 Å². The van der Waals surface area contributed by atoms with Gasteiger partial charge in [0.25, 0.3) is 5.91 Å². The molecule has 0 bridgehead atoms. The van der Waals surface area contributed by atoms with Crippen molar-refractivity contribution in [2.45, 2.75) is 118 Å². The summed E-state index contributed by atoms with van der Waals surface area (Å²) in [4.78, 5) is 25.9. The minimum Gasteiger partial charge on any atom is -0.365 e. The van der Waals surface area contributed by atoms with Gasteiger partial charge in [0.2, 0.25) is 5.91 Å². The SMILES string of the molecule is CCCCCCCCCCCC(=O)Nc1sc2c(c1C(N)=O)CCC(C(C)(C)CC)C2. The number of nitrogens with two attached hydrogens (primary N) is 1. The van der Waals surface area contributed by atoms with E-state index in [4.69, 9.17) is 5.73 Å². The summed E-state index contributed by atoms with van der Waals surface area (Å²) < 4.78 is 0. The van der Waals surface area contributed by atoms with Crippen LogP contribution in [0.3, 0.4) is 0 Å². The molecule has 0 saturated carbocycles. The Bertz CT molecular complexity index is 723. The van der Waals surface area contributed by atoms with Crippen LogP contribution in [0.1, 0.15) is 126 Å². The van der Waals surface area contributed by atoms with Crippen molar-refractivity contribution in [3.05, 3.63) is 16.0 Å². The van der Waals surface area contributed by atoms with Crippen LogP contribution in [-0.4, -0.2) is 11.8 Å². The van der Waals surface area contributed by atoms with Gasteiger partial charge in [-0.15, -0.1) is 11.3 Å². The normalized spacial score (nSPS) is 16.2. The zero-order valence-corrected chi connectivity index (χ0v) is 21.1. The number of hydrogen-bond donors (Lipinski definition) is 2. The predicted molar refractivity (Wildman–Crippen MR) is 133 cm³/mol. The lowest BCUT2D eigenvalue weighted by atomic mass is 9.69. The van der Waals surface area contributed by atoms with E-state index in [0.29, 0.717) is 22.9 Å². The summed E-state index contributed by atoms with van der Waals surface area (Å²) in [5, 5.41) is 3.70. The lowest BCUT2D eigenvalue weighted by molar-refractivity contribution is -0.116. The number of hydrogen-bond acceptors (Lipinski definition) is 3. The van der Waals surface area contributed by atoms with E-state index < -0.39 is 5.91 Å². The Labute approximate surface area is 193 Å². The molecule has 0 aliphatic heterocycles. The summed E-state index contributed by atoms with van der Waals surface area (Å²) in [6.07, 6.45) is 15.7. The maximum atomic E-state index is 12.5. The smallest absolute Gasteiger partial charge is 0.251 e. The number of unbranched alkanes of at least 4 members (excludes halogenated alkanes) is 8. The second-order valence-corrected chi connectivity index (χ2v) is 11.1. The van der Waals surface area contributed by atoms with Crippen LogP contribution >= 0.6 is 11.3 Å². The molecule has 2 amide bonds. The Kier molecular flexibility index (Phi) is 10.5. The highest BCUT2D eigenvalue weighted by molar-refractivity contribution is 7.17. The fourth-order valence-corrected chi connectivity index (χ4v) is 6.02. The first kappa shape index (κ1) is 25.9. The Morgan fingerprint density at radius 1 is 1.03 bits per heavy atom. The van der Waals surface area contributed by atoms with Crippen LogP contribution in [0.2, 0.25) is 0 Å². The maximum absolute atomic E-state index is 12.5. The molecule has 1 aliphatic carbocycles. The monoisotopic (exact) mass is 448 g/mol. The van der Waals surface area contributed by atoms with Gasteiger partial charge in [-0.2, -0.15) is 0 Å². The van der Waals surface area contributed by atoms with E-state index in [1.165, 1.54) is 49.8 Å². The fourth-order valence-electron chi connectivity index (χ4n) is 4.68. The minimum absolute atomic E-state index is 0.00878. The number of thiophene rings is 1. The van der Waals surface area contributed by atoms with E-state index in [2.05, 4.69) is 33.0 Å². The second-order valence-electron chi connectivity index (χ2n) is 9.98. The van der Waals surface area contributed by atoms with Crippen LogP contribution < -0.4 is 11.1 Å². The molecule has 3 N–H and O–H groups in total. The third kappa shape index (κ3) is 7.62. The maximum Gasteiger partial charge on any atom is 0.251 e. The van der Waals surface area contributed by atoms with E-state index >= 15 is 0 Å².